The molecule has 0 aromatic heterocycles. The third kappa shape index (κ3) is 3.34. The van der Waals surface area contributed by atoms with Crippen LogP contribution in [0.15, 0.2) is 18.2 Å². The van der Waals surface area contributed by atoms with Gasteiger partial charge in [-0.15, -0.1) is 0 Å². The van der Waals surface area contributed by atoms with E-state index in [-0.39, 0.29) is 5.41 Å². The summed E-state index contributed by atoms with van der Waals surface area (Å²) >= 11 is 0. The molecule has 3 nitrogen and oxygen atoms in total. The van der Waals surface area contributed by atoms with Crippen LogP contribution in [0.5, 0.6) is 5.75 Å². The number of fused-ring (bicyclic) bond motifs is 1. The first-order valence-electron chi connectivity index (χ1n) is 8.29. The minimum atomic E-state index is 0.273. The third-order valence-corrected chi connectivity index (χ3v) is 4.92. The predicted molar refractivity (Wildman–Crippen MR) is 88.2 cm³/mol. The molecule has 3 heteroatoms. The van der Waals surface area contributed by atoms with Crippen LogP contribution in [0.25, 0.3) is 0 Å². The van der Waals surface area contributed by atoms with Gasteiger partial charge in [0.05, 0.1) is 6.61 Å². The first-order valence-corrected chi connectivity index (χ1v) is 8.29. The summed E-state index contributed by atoms with van der Waals surface area (Å²) < 4.78 is 6.14. The molecule has 1 fully saturated rings. The molecule has 21 heavy (non-hydrogen) atoms. The van der Waals surface area contributed by atoms with Crippen molar-refractivity contribution in [2.24, 2.45) is 5.41 Å². The number of benzene rings is 1. The summed E-state index contributed by atoms with van der Waals surface area (Å²) in [5.74, 6) is 1.01. The van der Waals surface area contributed by atoms with Crippen molar-refractivity contribution in [3.05, 3.63) is 23.8 Å². The number of piperidine rings is 1. The Kier molecular flexibility index (Phi) is 4.12. The highest BCUT2D eigenvalue weighted by molar-refractivity contribution is 5.58. The van der Waals surface area contributed by atoms with E-state index in [1.54, 1.807) is 0 Å². The molecule has 1 aromatic carbocycles. The van der Waals surface area contributed by atoms with Crippen molar-refractivity contribution in [3.63, 3.8) is 0 Å². The molecule has 1 saturated heterocycles. The molecule has 1 atom stereocenters. The van der Waals surface area contributed by atoms with E-state index in [1.165, 1.54) is 30.6 Å². The molecule has 1 aromatic rings. The van der Waals surface area contributed by atoms with Gasteiger partial charge in [-0.2, -0.15) is 0 Å². The van der Waals surface area contributed by atoms with Crippen LogP contribution in [0.1, 0.15) is 39.2 Å². The van der Waals surface area contributed by atoms with Gasteiger partial charge in [-0.1, -0.05) is 13.0 Å². The van der Waals surface area contributed by atoms with Gasteiger partial charge < -0.3 is 15.0 Å². The van der Waals surface area contributed by atoms with E-state index in [0.717, 1.165) is 31.9 Å². The first-order chi connectivity index (χ1) is 10.1. The molecule has 0 aliphatic carbocycles. The zero-order chi connectivity index (χ0) is 14.9. The SMILES string of the molecule is CC(C)N1CCCC(C)(COc2ccc3c(c2)NCC3)C1. The summed E-state index contributed by atoms with van der Waals surface area (Å²) in [5, 5.41) is 3.42. The molecule has 2 heterocycles. The molecular formula is C18H28N2O. The van der Waals surface area contributed by atoms with Gasteiger partial charge in [0.15, 0.2) is 0 Å². The van der Waals surface area contributed by atoms with Crippen molar-refractivity contribution in [1.29, 1.82) is 0 Å². The average Bonchev–Trinajstić information content (AvgIpc) is 2.93. The number of nitrogens with zero attached hydrogens (tertiary/aromatic N) is 1. The summed E-state index contributed by atoms with van der Waals surface area (Å²) in [6.07, 6.45) is 3.68. The third-order valence-electron chi connectivity index (χ3n) is 4.92. The van der Waals surface area contributed by atoms with Gasteiger partial charge in [0.1, 0.15) is 5.75 Å². The largest absolute Gasteiger partial charge is 0.493 e. The molecule has 1 N–H and O–H groups in total. The van der Waals surface area contributed by atoms with Crippen LogP contribution in [-0.4, -0.2) is 37.2 Å². The molecule has 0 bridgehead atoms. The van der Waals surface area contributed by atoms with Gasteiger partial charge >= 0.3 is 0 Å². The fraction of sp³-hybridized carbons (Fsp3) is 0.667. The Labute approximate surface area is 128 Å². The van der Waals surface area contributed by atoms with Crippen LogP contribution in [0.4, 0.5) is 5.69 Å². The van der Waals surface area contributed by atoms with Gasteiger partial charge in [0.2, 0.25) is 0 Å². The van der Waals surface area contributed by atoms with Crippen molar-refractivity contribution < 1.29 is 4.74 Å². The first kappa shape index (κ1) is 14.7. The standard InChI is InChI=1S/C18H28N2O/c1-14(2)20-10-4-8-18(3,12-20)13-21-16-6-5-15-7-9-19-17(15)11-16/h5-6,11,14,19H,4,7-10,12-13H2,1-3H3. The number of anilines is 1. The van der Waals surface area contributed by atoms with Gasteiger partial charge in [0, 0.05) is 36.3 Å². The highest BCUT2D eigenvalue weighted by Gasteiger charge is 2.32. The van der Waals surface area contributed by atoms with Crippen molar-refractivity contribution in [1.82, 2.24) is 4.90 Å². The van der Waals surface area contributed by atoms with Gasteiger partial charge in [-0.3, -0.25) is 0 Å². The van der Waals surface area contributed by atoms with E-state index >= 15 is 0 Å². The molecule has 2 aliphatic rings. The highest BCUT2D eigenvalue weighted by Crippen LogP contribution is 2.32. The number of rotatable bonds is 4. The summed E-state index contributed by atoms with van der Waals surface area (Å²) in [7, 11) is 0. The Morgan fingerprint density at radius 2 is 2.24 bits per heavy atom. The normalized spacial score (nSPS) is 25.7. The average molecular weight is 288 g/mol. The molecule has 2 aliphatic heterocycles. The Morgan fingerprint density at radius 1 is 1.38 bits per heavy atom. The topological polar surface area (TPSA) is 24.5 Å². The lowest BCUT2D eigenvalue weighted by Crippen LogP contribution is -2.47. The molecule has 0 radical (unpaired) electrons. The van der Waals surface area contributed by atoms with E-state index in [9.17, 15) is 0 Å². The monoisotopic (exact) mass is 288 g/mol. The minimum absolute atomic E-state index is 0.273. The number of hydrogen-bond donors (Lipinski definition) is 1. The lowest BCUT2D eigenvalue weighted by molar-refractivity contribution is 0.0405. The van der Waals surface area contributed by atoms with Crippen LogP contribution < -0.4 is 10.1 Å². The van der Waals surface area contributed by atoms with E-state index in [1.807, 2.05) is 0 Å². The van der Waals surface area contributed by atoms with Gasteiger partial charge in [-0.25, -0.2) is 0 Å². The van der Waals surface area contributed by atoms with Crippen molar-refractivity contribution >= 4 is 5.69 Å². The quantitative estimate of drug-likeness (QED) is 0.917. The fourth-order valence-corrected chi connectivity index (χ4v) is 3.53. The maximum absolute atomic E-state index is 6.14. The minimum Gasteiger partial charge on any atom is -0.493 e. The predicted octanol–water partition coefficient (Wildman–Crippen LogP) is 3.54. The van der Waals surface area contributed by atoms with Gasteiger partial charge in [-0.05, 0) is 51.3 Å². The number of hydrogen-bond acceptors (Lipinski definition) is 3. The van der Waals surface area contributed by atoms with Crippen LogP contribution in [0, 0.1) is 5.41 Å². The summed E-state index contributed by atoms with van der Waals surface area (Å²) in [6, 6.07) is 7.12. The zero-order valence-corrected chi connectivity index (χ0v) is 13.6. The molecule has 1 unspecified atom stereocenters. The Hall–Kier alpha value is -1.22. The number of nitrogens with one attached hydrogen (secondary N) is 1. The van der Waals surface area contributed by atoms with E-state index in [4.69, 9.17) is 4.74 Å². The molecule has 0 amide bonds. The zero-order valence-electron chi connectivity index (χ0n) is 13.6. The highest BCUT2D eigenvalue weighted by atomic mass is 16.5. The van der Waals surface area contributed by atoms with E-state index < -0.39 is 0 Å². The second kappa shape index (κ2) is 5.88. The van der Waals surface area contributed by atoms with E-state index in [0.29, 0.717) is 6.04 Å². The fourth-order valence-electron chi connectivity index (χ4n) is 3.53. The maximum atomic E-state index is 6.14. The van der Waals surface area contributed by atoms with Crippen molar-refractivity contribution in [2.45, 2.75) is 46.1 Å². The lowest BCUT2D eigenvalue weighted by Gasteiger charge is -2.42. The molecule has 116 valence electrons. The molecule has 0 spiro atoms. The van der Waals surface area contributed by atoms with Crippen molar-refractivity contribution in [3.8, 4) is 5.75 Å². The summed E-state index contributed by atoms with van der Waals surface area (Å²) in [5.41, 5.74) is 2.94. The number of ether oxygens (including phenoxy) is 1. The Balaban J connectivity index is 1.61. The second-order valence-corrected chi connectivity index (χ2v) is 7.26. The summed E-state index contributed by atoms with van der Waals surface area (Å²) in [6.45, 7) is 11.2. The Bertz CT molecular complexity index is 500. The van der Waals surface area contributed by atoms with Gasteiger partial charge in [0.25, 0.3) is 0 Å². The molecular weight excluding hydrogens is 260 g/mol. The van der Waals surface area contributed by atoms with Crippen LogP contribution in [-0.2, 0) is 6.42 Å². The van der Waals surface area contributed by atoms with Crippen LogP contribution in [0.3, 0.4) is 0 Å². The molecule has 0 saturated carbocycles. The van der Waals surface area contributed by atoms with E-state index in [2.05, 4.69) is 49.2 Å². The summed E-state index contributed by atoms with van der Waals surface area (Å²) in [4.78, 5) is 2.58. The maximum Gasteiger partial charge on any atom is 0.121 e. The van der Waals surface area contributed by atoms with Crippen molar-refractivity contribution in [2.75, 3.05) is 31.6 Å². The number of likely N-dealkylation sites (tertiary alicyclic amines) is 1. The van der Waals surface area contributed by atoms with Crippen LogP contribution >= 0.6 is 0 Å². The smallest absolute Gasteiger partial charge is 0.121 e. The lowest BCUT2D eigenvalue weighted by atomic mass is 9.82. The van der Waals surface area contributed by atoms with Crippen LogP contribution in [0.2, 0.25) is 0 Å². The molecule has 3 rings (SSSR count). The Morgan fingerprint density at radius 3 is 3.05 bits per heavy atom. The second-order valence-electron chi connectivity index (χ2n) is 7.26.